The first-order valence-corrected chi connectivity index (χ1v) is 7.13. The van der Waals surface area contributed by atoms with Crippen LogP contribution < -0.4 is 5.32 Å². The molecule has 0 aliphatic rings. The van der Waals surface area contributed by atoms with Gasteiger partial charge in [0, 0.05) is 6.08 Å². The van der Waals surface area contributed by atoms with Gasteiger partial charge in [0.2, 0.25) is 5.91 Å². The van der Waals surface area contributed by atoms with Gasteiger partial charge in [-0.3, -0.25) is 4.79 Å². The van der Waals surface area contributed by atoms with E-state index in [1.54, 1.807) is 25.1 Å². The van der Waals surface area contributed by atoms with Gasteiger partial charge in [0.25, 0.3) is 0 Å². The van der Waals surface area contributed by atoms with E-state index in [0.717, 1.165) is 0 Å². The summed E-state index contributed by atoms with van der Waals surface area (Å²) in [6.07, 6.45) is 1.91. The van der Waals surface area contributed by atoms with Crippen LogP contribution in [0.25, 0.3) is 6.08 Å². The Morgan fingerprint density at radius 3 is 2.13 bits per heavy atom. The van der Waals surface area contributed by atoms with Crippen molar-refractivity contribution in [3.05, 3.63) is 77.4 Å². The molecule has 2 unspecified atom stereocenters. The van der Waals surface area contributed by atoms with Gasteiger partial charge in [-0.1, -0.05) is 24.3 Å². The van der Waals surface area contributed by atoms with Crippen molar-refractivity contribution in [3.8, 4) is 0 Å². The molecule has 0 heterocycles. The summed E-state index contributed by atoms with van der Waals surface area (Å²) in [7, 11) is 0. The van der Waals surface area contributed by atoms with Crippen LogP contribution in [0.3, 0.4) is 0 Å². The Hall–Kier alpha value is -2.53. The highest BCUT2D eigenvalue weighted by Crippen LogP contribution is 2.17. The Morgan fingerprint density at radius 2 is 1.57 bits per heavy atom. The second-order valence-corrected chi connectivity index (χ2v) is 5.18. The molecule has 2 rings (SSSR count). The number of aliphatic hydroxyl groups excluding tert-OH is 1. The first-order chi connectivity index (χ1) is 11.0. The van der Waals surface area contributed by atoms with E-state index < -0.39 is 12.1 Å². The SMILES string of the molecule is CC(NC(=O)/C=C/c1ccc(F)cc1)C(O)c1ccc(F)cc1. The van der Waals surface area contributed by atoms with E-state index in [1.807, 2.05) is 0 Å². The molecule has 0 fully saturated rings. The molecule has 2 aromatic carbocycles. The number of carbonyl (C=O) groups is 1. The molecule has 2 aromatic rings. The third-order valence-corrected chi connectivity index (χ3v) is 3.35. The zero-order valence-corrected chi connectivity index (χ0v) is 12.5. The van der Waals surface area contributed by atoms with E-state index in [0.29, 0.717) is 11.1 Å². The van der Waals surface area contributed by atoms with E-state index in [9.17, 15) is 18.7 Å². The van der Waals surface area contributed by atoms with Gasteiger partial charge in [0.15, 0.2) is 0 Å². The van der Waals surface area contributed by atoms with Crippen molar-refractivity contribution in [2.75, 3.05) is 0 Å². The summed E-state index contributed by atoms with van der Waals surface area (Å²) in [6.45, 7) is 1.65. The smallest absolute Gasteiger partial charge is 0.244 e. The standard InChI is InChI=1S/C18H17F2NO2/c1-12(18(23)14-5-9-16(20)10-6-14)21-17(22)11-4-13-2-7-15(19)8-3-13/h2-12,18,23H,1H3,(H,21,22)/b11-4+. The maximum atomic E-state index is 12.9. The molecular weight excluding hydrogens is 300 g/mol. The van der Waals surface area contributed by atoms with Gasteiger partial charge in [-0.15, -0.1) is 0 Å². The quantitative estimate of drug-likeness (QED) is 0.832. The maximum Gasteiger partial charge on any atom is 0.244 e. The summed E-state index contributed by atoms with van der Waals surface area (Å²) in [6, 6.07) is 10.6. The van der Waals surface area contributed by atoms with E-state index in [-0.39, 0.29) is 17.5 Å². The highest BCUT2D eigenvalue weighted by molar-refractivity contribution is 5.91. The topological polar surface area (TPSA) is 49.3 Å². The molecule has 0 saturated carbocycles. The summed E-state index contributed by atoms with van der Waals surface area (Å²) < 4.78 is 25.6. The van der Waals surface area contributed by atoms with Crippen molar-refractivity contribution < 1.29 is 18.7 Å². The van der Waals surface area contributed by atoms with Crippen LogP contribution in [0.2, 0.25) is 0 Å². The Bertz CT molecular complexity index is 681. The molecule has 0 aromatic heterocycles. The fraction of sp³-hybridized carbons (Fsp3) is 0.167. The molecule has 0 spiro atoms. The van der Waals surface area contributed by atoms with E-state index in [4.69, 9.17) is 0 Å². The predicted molar refractivity (Wildman–Crippen MR) is 84.4 cm³/mol. The lowest BCUT2D eigenvalue weighted by atomic mass is 10.0. The van der Waals surface area contributed by atoms with Crippen LogP contribution in [-0.2, 0) is 4.79 Å². The molecule has 120 valence electrons. The van der Waals surface area contributed by atoms with Gasteiger partial charge in [-0.25, -0.2) is 8.78 Å². The number of halogens is 2. The highest BCUT2D eigenvalue weighted by atomic mass is 19.1. The summed E-state index contributed by atoms with van der Waals surface area (Å²) in [4.78, 5) is 11.8. The van der Waals surface area contributed by atoms with Gasteiger partial charge in [-0.05, 0) is 48.4 Å². The van der Waals surface area contributed by atoms with Gasteiger partial charge in [0.05, 0.1) is 12.1 Å². The number of aliphatic hydroxyl groups is 1. The first kappa shape index (κ1) is 16.8. The number of rotatable bonds is 5. The molecule has 2 N–H and O–H groups in total. The molecule has 5 heteroatoms. The van der Waals surface area contributed by atoms with Crippen molar-refractivity contribution in [1.29, 1.82) is 0 Å². The number of hydrogen-bond donors (Lipinski definition) is 2. The van der Waals surface area contributed by atoms with E-state index in [2.05, 4.69) is 5.32 Å². The Morgan fingerprint density at radius 1 is 1.04 bits per heavy atom. The average Bonchev–Trinajstić information content (AvgIpc) is 2.54. The van der Waals surface area contributed by atoms with Crippen molar-refractivity contribution in [2.45, 2.75) is 19.1 Å². The summed E-state index contributed by atoms with van der Waals surface area (Å²) >= 11 is 0. The Kier molecular flexibility index (Phi) is 5.60. The van der Waals surface area contributed by atoms with Crippen LogP contribution in [0.5, 0.6) is 0 Å². The van der Waals surface area contributed by atoms with E-state index in [1.165, 1.54) is 42.5 Å². The van der Waals surface area contributed by atoms with Gasteiger partial charge in [-0.2, -0.15) is 0 Å². The van der Waals surface area contributed by atoms with Crippen molar-refractivity contribution in [1.82, 2.24) is 5.32 Å². The van der Waals surface area contributed by atoms with Crippen molar-refractivity contribution in [3.63, 3.8) is 0 Å². The fourth-order valence-electron chi connectivity index (χ4n) is 2.05. The maximum absolute atomic E-state index is 12.9. The van der Waals surface area contributed by atoms with Crippen LogP contribution >= 0.6 is 0 Å². The first-order valence-electron chi connectivity index (χ1n) is 7.13. The highest BCUT2D eigenvalue weighted by Gasteiger charge is 2.17. The molecule has 2 atom stereocenters. The number of carbonyl (C=O) groups excluding carboxylic acids is 1. The summed E-state index contributed by atoms with van der Waals surface area (Å²) in [5.41, 5.74) is 1.20. The van der Waals surface area contributed by atoms with Crippen molar-refractivity contribution in [2.24, 2.45) is 0 Å². The molecule has 23 heavy (non-hydrogen) atoms. The predicted octanol–water partition coefficient (Wildman–Crippen LogP) is 3.22. The molecule has 1 amide bonds. The van der Waals surface area contributed by atoms with E-state index >= 15 is 0 Å². The second kappa shape index (κ2) is 7.65. The minimum Gasteiger partial charge on any atom is -0.386 e. The van der Waals surface area contributed by atoms with Crippen LogP contribution in [-0.4, -0.2) is 17.1 Å². The van der Waals surface area contributed by atoms with Crippen LogP contribution in [0, 0.1) is 11.6 Å². The molecule has 0 aliphatic carbocycles. The van der Waals surface area contributed by atoms with Gasteiger partial charge in [0.1, 0.15) is 11.6 Å². The fourth-order valence-corrected chi connectivity index (χ4v) is 2.05. The molecule has 0 bridgehead atoms. The average molecular weight is 317 g/mol. The van der Waals surface area contributed by atoms with Crippen LogP contribution in [0.4, 0.5) is 8.78 Å². The molecule has 0 saturated heterocycles. The minimum absolute atomic E-state index is 0.345. The van der Waals surface area contributed by atoms with Crippen LogP contribution in [0.15, 0.2) is 54.6 Å². The normalized spacial score (nSPS) is 13.7. The third-order valence-electron chi connectivity index (χ3n) is 3.35. The lowest BCUT2D eigenvalue weighted by Crippen LogP contribution is -2.36. The Balaban J connectivity index is 1.93. The number of benzene rings is 2. The Labute approximate surface area is 133 Å². The third kappa shape index (κ3) is 5.00. The lowest BCUT2D eigenvalue weighted by molar-refractivity contribution is -0.117. The molecule has 3 nitrogen and oxygen atoms in total. The zero-order valence-electron chi connectivity index (χ0n) is 12.5. The summed E-state index contributed by atoms with van der Waals surface area (Å²) in [5, 5.41) is 12.8. The zero-order chi connectivity index (χ0) is 16.8. The number of nitrogens with one attached hydrogen (secondary N) is 1. The summed E-state index contributed by atoms with van der Waals surface area (Å²) in [5.74, 6) is -1.12. The molecule has 0 radical (unpaired) electrons. The van der Waals surface area contributed by atoms with Crippen LogP contribution in [0.1, 0.15) is 24.2 Å². The van der Waals surface area contributed by atoms with Crippen molar-refractivity contribution >= 4 is 12.0 Å². The second-order valence-electron chi connectivity index (χ2n) is 5.18. The monoisotopic (exact) mass is 317 g/mol. The van der Waals surface area contributed by atoms with Gasteiger partial charge >= 0.3 is 0 Å². The van der Waals surface area contributed by atoms with Gasteiger partial charge < -0.3 is 10.4 Å². The number of hydrogen-bond acceptors (Lipinski definition) is 2. The lowest BCUT2D eigenvalue weighted by Gasteiger charge is -2.19. The minimum atomic E-state index is -0.946. The molecular formula is C18H17F2NO2. The molecule has 0 aliphatic heterocycles. The number of amides is 1. The largest absolute Gasteiger partial charge is 0.386 e.